The van der Waals surface area contributed by atoms with Crippen LogP contribution in [0.1, 0.15) is 34.3 Å². The largest absolute Gasteiger partial charge is 0.376 e. The molecule has 2 heterocycles. The van der Waals surface area contributed by atoms with Crippen molar-refractivity contribution in [1.82, 2.24) is 9.88 Å². The van der Waals surface area contributed by atoms with Gasteiger partial charge in [-0.15, -0.1) is 0 Å². The molecule has 0 radical (unpaired) electrons. The standard InChI is InChI=1S/C23H23FN2O3/c1-15-4-2-5-17-12-18(22(27)25-21(15)17)13-26(14-20-6-3-11-29-20)23(28)16-7-9-19(24)10-8-16/h2,4-5,7-10,12,20H,3,6,11,13-14H2,1H3,(H,25,27)/t20-/m0/s1. The van der Waals surface area contributed by atoms with Gasteiger partial charge < -0.3 is 14.6 Å². The Kier molecular flexibility index (Phi) is 5.45. The molecule has 1 N–H and O–H groups in total. The summed E-state index contributed by atoms with van der Waals surface area (Å²) in [4.78, 5) is 30.4. The summed E-state index contributed by atoms with van der Waals surface area (Å²) in [5.41, 5.74) is 2.48. The van der Waals surface area contributed by atoms with E-state index < -0.39 is 5.82 Å². The Bertz CT molecular complexity index is 1090. The van der Waals surface area contributed by atoms with Crippen LogP contribution in [-0.4, -0.2) is 35.0 Å². The summed E-state index contributed by atoms with van der Waals surface area (Å²) in [6.07, 6.45) is 1.78. The lowest BCUT2D eigenvalue weighted by Gasteiger charge is -2.25. The van der Waals surface area contributed by atoms with E-state index in [4.69, 9.17) is 4.74 Å². The van der Waals surface area contributed by atoms with Gasteiger partial charge in [-0.2, -0.15) is 0 Å². The van der Waals surface area contributed by atoms with Gasteiger partial charge in [0.05, 0.1) is 18.2 Å². The van der Waals surface area contributed by atoms with Crippen molar-refractivity contribution in [3.05, 3.63) is 81.4 Å². The molecule has 0 saturated carbocycles. The summed E-state index contributed by atoms with van der Waals surface area (Å²) >= 11 is 0. The number of carbonyl (C=O) groups excluding carboxylic acids is 1. The number of ether oxygens (including phenoxy) is 1. The lowest BCUT2D eigenvalue weighted by molar-refractivity contribution is 0.0506. The van der Waals surface area contributed by atoms with Crippen molar-refractivity contribution >= 4 is 16.8 Å². The van der Waals surface area contributed by atoms with Crippen molar-refractivity contribution in [2.45, 2.75) is 32.4 Å². The van der Waals surface area contributed by atoms with Crippen LogP contribution in [0.3, 0.4) is 0 Å². The number of nitrogens with one attached hydrogen (secondary N) is 1. The van der Waals surface area contributed by atoms with Crippen LogP contribution in [0.5, 0.6) is 0 Å². The topological polar surface area (TPSA) is 62.4 Å². The Hall–Kier alpha value is -2.99. The minimum Gasteiger partial charge on any atom is -0.376 e. The smallest absolute Gasteiger partial charge is 0.254 e. The van der Waals surface area contributed by atoms with E-state index in [2.05, 4.69) is 4.98 Å². The number of nitrogens with zero attached hydrogens (tertiary/aromatic N) is 1. The van der Waals surface area contributed by atoms with Gasteiger partial charge in [0.25, 0.3) is 11.5 Å². The van der Waals surface area contributed by atoms with Crippen molar-refractivity contribution < 1.29 is 13.9 Å². The molecule has 3 aromatic rings. The number of para-hydroxylation sites is 1. The number of aromatic amines is 1. The quantitative estimate of drug-likeness (QED) is 0.716. The maximum absolute atomic E-state index is 13.3. The highest BCUT2D eigenvalue weighted by molar-refractivity contribution is 5.94. The molecule has 1 aromatic heterocycles. The molecule has 1 atom stereocenters. The lowest BCUT2D eigenvalue weighted by atomic mass is 10.1. The number of hydrogen-bond acceptors (Lipinski definition) is 3. The molecule has 2 aromatic carbocycles. The molecule has 5 nitrogen and oxygen atoms in total. The SMILES string of the molecule is Cc1cccc2cc(CN(C[C@@H]3CCCO3)C(=O)c3ccc(F)cc3)c(=O)[nH]c12. The molecule has 29 heavy (non-hydrogen) atoms. The number of amides is 1. The molecular weight excluding hydrogens is 371 g/mol. The number of rotatable bonds is 5. The predicted octanol–water partition coefficient (Wildman–Crippen LogP) is 3.80. The lowest BCUT2D eigenvalue weighted by Crippen LogP contribution is -2.38. The fourth-order valence-corrected chi connectivity index (χ4v) is 3.78. The van der Waals surface area contributed by atoms with Crippen molar-refractivity contribution in [3.63, 3.8) is 0 Å². The summed E-state index contributed by atoms with van der Waals surface area (Å²) in [7, 11) is 0. The number of aryl methyl sites for hydroxylation is 1. The van der Waals surface area contributed by atoms with Gasteiger partial charge in [0.15, 0.2) is 0 Å². The Morgan fingerprint density at radius 2 is 2.03 bits per heavy atom. The highest BCUT2D eigenvalue weighted by Gasteiger charge is 2.24. The second-order valence-electron chi connectivity index (χ2n) is 7.49. The van der Waals surface area contributed by atoms with Gasteiger partial charge in [0.2, 0.25) is 0 Å². The number of fused-ring (bicyclic) bond motifs is 1. The van der Waals surface area contributed by atoms with Crippen molar-refractivity contribution in [1.29, 1.82) is 0 Å². The van der Waals surface area contributed by atoms with Crippen LogP contribution in [0.4, 0.5) is 4.39 Å². The number of hydrogen-bond donors (Lipinski definition) is 1. The Morgan fingerprint density at radius 3 is 2.76 bits per heavy atom. The van der Waals surface area contributed by atoms with Gasteiger partial charge in [-0.05, 0) is 61.0 Å². The molecule has 150 valence electrons. The van der Waals surface area contributed by atoms with E-state index in [1.807, 2.05) is 31.2 Å². The first-order valence-electron chi connectivity index (χ1n) is 9.79. The normalized spacial score (nSPS) is 16.3. The van der Waals surface area contributed by atoms with Gasteiger partial charge in [-0.25, -0.2) is 4.39 Å². The Balaban J connectivity index is 1.66. The number of H-pyrrole nitrogens is 1. The summed E-state index contributed by atoms with van der Waals surface area (Å²) in [5.74, 6) is -0.641. The van der Waals surface area contributed by atoms with Gasteiger partial charge in [-0.3, -0.25) is 9.59 Å². The summed E-state index contributed by atoms with van der Waals surface area (Å²) in [6, 6.07) is 13.1. The molecule has 1 aliphatic rings. The van der Waals surface area contributed by atoms with Crippen LogP contribution >= 0.6 is 0 Å². The third-order valence-corrected chi connectivity index (χ3v) is 5.35. The molecule has 0 aliphatic carbocycles. The van der Waals surface area contributed by atoms with E-state index in [9.17, 15) is 14.0 Å². The van der Waals surface area contributed by atoms with E-state index in [0.717, 1.165) is 29.3 Å². The van der Waals surface area contributed by atoms with Gasteiger partial charge in [0, 0.05) is 24.3 Å². The first-order chi connectivity index (χ1) is 14.0. The second-order valence-corrected chi connectivity index (χ2v) is 7.49. The molecule has 1 amide bonds. The summed E-state index contributed by atoms with van der Waals surface area (Å²) in [5, 5.41) is 0.922. The van der Waals surface area contributed by atoms with Crippen molar-refractivity contribution in [2.75, 3.05) is 13.2 Å². The third-order valence-electron chi connectivity index (χ3n) is 5.35. The van der Waals surface area contributed by atoms with Crippen molar-refractivity contribution in [3.8, 4) is 0 Å². The first-order valence-corrected chi connectivity index (χ1v) is 9.79. The number of aromatic nitrogens is 1. The van der Waals surface area contributed by atoms with E-state index in [0.29, 0.717) is 24.3 Å². The first kappa shape index (κ1) is 19.3. The number of benzene rings is 2. The minimum absolute atomic E-state index is 0.0545. The number of carbonyl (C=O) groups is 1. The molecule has 1 aliphatic heterocycles. The molecule has 6 heteroatoms. The van der Waals surface area contributed by atoms with Gasteiger partial charge >= 0.3 is 0 Å². The second kappa shape index (κ2) is 8.17. The number of halogens is 1. The van der Waals surface area contributed by atoms with Gasteiger partial charge in [-0.1, -0.05) is 18.2 Å². The summed E-state index contributed by atoms with van der Waals surface area (Å²) in [6.45, 7) is 3.18. The zero-order chi connectivity index (χ0) is 20.4. The van der Waals surface area contributed by atoms with Crippen LogP contribution in [0, 0.1) is 12.7 Å². The average molecular weight is 394 g/mol. The molecule has 0 spiro atoms. The van der Waals surface area contributed by atoms with E-state index >= 15 is 0 Å². The minimum atomic E-state index is -0.395. The van der Waals surface area contributed by atoms with E-state index in [-0.39, 0.29) is 24.1 Å². The Morgan fingerprint density at radius 1 is 1.24 bits per heavy atom. The molecule has 4 rings (SSSR count). The van der Waals surface area contributed by atoms with Crippen molar-refractivity contribution in [2.24, 2.45) is 0 Å². The van der Waals surface area contributed by atoms with Crippen LogP contribution in [0.2, 0.25) is 0 Å². The van der Waals surface area contributed by atoms with Crippen LogP contribution < -0.4 is 5.56 Å². The monoisotopic (exact) mass is 394 g/mol. The average Bonchev–Trinajstić information content (AvgIpc) is 3.22. The molecule has 0 unspecified atom stereocenters. The zero-order valence-electron chi connectivity index (χ0n) is 16.3. The van der Waals surface area contributed by atoms with Gasteiger partial charge in [0.1, 0.15) is 5.82 Å². The highest BCUT2D eigenvalue weighted by atomic mass is 19.1. The molecule has 0 bridgehead atoms. The molecule has 1 saturated heterocycles. The van der Waals surface area contributed by atoms with E-state index in [1.54, 1.807) is 4.90 Å². The van der Waals surface area contributed by atoms with E-state index in [1.165, 1.54) is 24.3 Å². The summed E-state index contributed by atoms with van der Waals surface area (Å²) < 4.78 is 19.0. The van der Waals surface area contributed by atoms with Crippen LogP contribution in [-0.2, 0) is 11.3 Å². The number of pyridine rings is 1. The predicted molar refractivity (Wildman–Crippen MR) is 109 cm³/mol. The molecular formula is C23H23FN2O3. The fourth-order valence-electron chi connectivity index (χ4n) is 3.78. The third kappa shape index (κ3) is 4.22. The van der Waals surface area contributed by atoms with Crippen LogP contribution in [0.25, 0.3) is 10.9 Å². The maximum atomic E-state index is 13.3. The zero-order valence-corrected chi connectivity index (χ0v) is 16.3. The highest BCUT2D eigenvalue weighted by Crippen LogP contribution is 2.19. The molecule has 1 fully saturated rings. The maximum Gasteiger partial charge on any atom is 0.254 e. The fraction of sp³-hybridized carbons (Fsp3) is 0.304. The van der Waals surface area contributed by atoms with Crippen LogP contribution in [0.15, 0.2) is 53.3 Å². The Labute approximate surface area is 168 Å².